The van der Waals surface area contributed by atoms with Crippen LogP contribution in [0.4, 0.5) is 0 Å². The fourth-order valence-corrected chi connectivity index (χ4v) is 3.24. The van der Waals surface area contributed by atoms with E-state index in [-0.39, 0.29) is 5.69 Å². The zero-order valence-electron chi connectivity index (χ0n) is 11.1. The lowest BCUT2D eigenvalue weighted by Crippen LogP contribution is -2.01. The Morgan fingerprint density at radius 3 is 2.48 bits per heavy atom. The lowest BCUT2D eigenvalue weighted by molar-refractivity contribution is 0.219. The average molecular weight is 368 g/mol. The maximum Gasteiger partial charge on any atom is 0.323 e. The van der Waals surface area contributed by atoms with Gasteiger partial charge in [0.25, 0.3) is 0 Å². The van der Waals surface area contributed by atoms with Crippen molar-refractivity contribution in [3.05, 3.63) is 67.0 Å². The topological polar surface area (TPSA) is 68.9 Å². The summed E-state index contributed by atoms with van der Waals surface area (Å²) < 4.78 is 0.718. The maximum atomic E-state index is 11.3. The summed E-state index contributed by atoms with van der Waals surface area (Å²) in [6.07, 6.45) is -0.834. The number of nitrogens with one attached hydrogen (secondary N) is 2. The van der Waals surface area contributed by atoms with Gasteiger partial charge in [0, 0.05) is 15.1 Å². The van der Waals surface area contributed by atoms with Crippen molar-refractivity contribution in [3.8, 4) is 0 Å². The Hall–Kier alpha value is -1.56. The van der Waals surface area contributed by atoms with Gasteiger partial charge >= 0.3 is 5.69 Å². The third-order valence-electron chi connectivity index (χ3n) is 3.31. The Labute approximate surface area is 133 Å². The Balaban J connectivity index is 2.13. The molecule has 0 spiro atoms. The summed E-state index contributed by atoms with van der Waals surface area (Å²) in [5.74, 6) is 0. The largest absolute Gasteiger partial charge is 0.384 e. The molecule has 6 heteroatoms. The highest BCUT2D eigenvalue weighted by atomic mass is 79.9. The molecule has 0 radical (unpaired) electrons. The van der Waals surface area contributed by atoms with Gasteiger partial charge in [0.1, 0.15) is 6.10 Å². The summed E-state index contributed by atoms with van der Waals surface area (Å²) in [4.78, 5) is 16.7. The van der Waals surface area contributed by atoms with Gasteiger partial charge in [-0.25, -0.2) is 4.79 Å². The van der Waals surface area contributed by atoms with E-state index in [4.69, 9.17) is 11.6 Å². The minimum absolute atomic E-state index is 0.276. The molecule has 0 saturated carbocycles. The molecule has 0 bridgehead atoms. The van der Waals surface area contributed by atoms with Gasteiger partial charge < -0.3 is 15.1 Å². The van der Waals surface area contributed by atoms with Gasteiger partial charge in [0.05, 0.1) is 11.0 Å². The highest BCUT2D eigenvalue weighted by molar-refractivity contribution is 9.10. The van der Waals surface area contributed by atoms with Crippen molar-refractivity contribution >= 4 is 38.6 Å². The van der Waals surface area contributed by atoms with Gasteiger partial charge in [-0.2, -0.15) is 0 Å². The van der Waals surface area contributed by atoms with Crippen molar-refractivity contribution in [2.75, 3.05) is 0 Å². The number of aryl methyl sites for hydroxylation is 1. The number of hydrogen-bond acceptors (Lipinski definition) is 2. The smallest absolute Gasteiger partial charge is 0.323 e. The minimum Gasteiger partial charge on any atom is -0.384 e. The summed E-state index contributed by atoms with van der Waals surface area (Å²) >= 11 is 9.48. The van der Waals surface area contributed by atoms with Gasteiger partial charge in [-0.1, -0.05) is 33.6 Å². The first-order valence-corrected chi connectivity index (χ1v) is 7.48. The number of halogens is 2. The number of aromatic nitrogens is 2. The van der Waals surface area contributed by atoms with Crippen LogP contribution in [0.15, 0.2) is 39.6 Å². The molecule has 0 aliphatic heterocycles. The van der Waals surface area contributed by atoms with Crippen LogP contribution in [0.3, 0.4) is 0 Å². The van der Waals surface area contributed by atoms with Crippen molar-refractivity contribution in [1.82, 2.24) is 9.97 Å². The monoisotopic (exact) mass is 366 g/mol. The second-order valence-electron chi connectivity index (χ2n) is 4.96. The second-order valence-corrected chi connectivity index (χ2v) is 6.25. The standard InChI is InChI=1S/C15H12BrClN2O2/c1-7-2-8(4-9(17)3-7)14(20)10-5-12-13(6-11(10)16)19-15(21)18-12/h2-6,14,20H,1H3,(H2,18,19,21). The fraction of sp³-hybridized carbons (Fsp3) is 0.133. The summed E-state index contributed by atoms with van der Waals surface area (Å²) in [6, 6.07) is 8.96. The third-order valence-corrected chi connectivity index (χ3v) is 4.21. The molecule has 3 rings (SSSR count). The first-order chi connectivity index (χ1) is 9.94. The molecule has 108 valence electrons. The van der Waals surface area contributed by atoms with E-state index in [2.05, 4.69) is 25.9 Å². The second kappa shape index (κ2) is 5.33. The molecule has 4 nitrogen and oxygen atoms in total. The number of benzene rings is 2. The van der Waals surface area contributed by atoms with Crippen molar-refractivity contribution in [1.29, 1.82) is 0 Å². The van der Waals surface area contributed by atoms with Crippen molar-refractivity contribution in [3.63, 3.8) is 0 Å². The lowest BCUT2D eigenvalue weighted by Gasteiger charge is -2.14. The van der Waals surface area contributed by atoms with Crippen molar-refractivity contribution in [2.45, 2.75) is 13.0 Å². The average Bonchev–Trinajstić information content (AvgIpc) is 2.75. The number of rotatable bonds is 2. The van der Waals surface area contributed by atoms with Gasteiger partial charge in [0.2, 0.25) is 0 Å². The van der Waals surface area contributed by atoms with E-state index in [0.717, 1.165) is 10.0 Å². The van der Waals surface area contributed by atoms with E-state index in [1.807, 2.05) is 19.1 Å². The quantitative estimate of drug-likeness (QED) is 0.647. The van der Waals surface area contributed by atoms with E-state index in [0.29, 0.717) is 27.2 Å². The van der Waals surface area contributed by atoms with Gasteiger partial charge in [0.15, 0.2) is 0 Å². The van der Waals surface area contributed by atoms with Crippen molar-refractivity contribution < 1.29 is 5.11 Å². The molecular weight excluding hydrogens is 356 g/mol. The van der Waals surface area contributed by atoms with E-state index >= 15 is 0 Å². The molecule has 21 heavy (non-hydrogen) atoms. The number of fused-ring (bicyclic) bond motifs is 1. The zero-order valence-corrected chi connectivity index (χ0v) is 13.4. The third kappa shape index (κ3) is 2.77. The molecule has 0 aliphatic carbocycles. The van der Waals surface area contributed by atoms with Crippen LogP contribution < -0.4 is 5.69 Å². The van der Waals surface area contributed by atoms with E-state index in [9.17, 15) is 9.90 Å². The zero-order chi connectivity index (χ0) is 15.1. The van der Waals surface area contributed by atoms with Crippen LogP contribution in [0.5, 0.6) is 0 Å². The van der Waals surface area contributed by atoms with E-state index in [1.54, 1.807) is 18.2 Å². The Morgan fingerprint density at radius 1 is 1.14 bits per heavy atom. The van der Waals surface area contributed by atoms with Crippen LogP contribution >= 0.6 is 27.5 Å². The van der Waals surface area contributed by atoms with E-state index < -0.39 is 6.10 Å². The van der Waals surface area contributed by atoms with Gasteiger partial charge in [-0.3, -0.25) is 0 Å². The molecule has 1 aromatic heterocycles. The Morgan fingerprint density at radius 2 is 1.81 bits per heavy atom. The summed E-state index contributed by atoms with van der Waals surface area (Å²) in [5, 5.41) is 11.2. The van der Waals surface area contributed by atoms with E-state index in [1.165, 1.54) is 0 Å². The number of aliphatic hydroxyl groups is 1. The summed E-state index contributed by atoms with van der Waals surface area (Å²) in [7, 11) is 0. The van der Waals surface area contributed by atoms with Crippen LogP contribution in [0.2, 0.25) is 5.02 Å². The fourth-order valence-electron chi connectivity index (χ4n) is 2.38. The van der Waals surface area contributed by atoms with Crippen LogP contribution in [0.25, 0.3) is 11.0 Å². The molecule has 1 atom stereocenters. The predicted molar refractivity (Wildman–Crippen MR) is 86.9 cm³/mol. The lowest BCUT2D eigenvalue weighted by atomic mass is 9.99. The van der Waals surface area contributed by atoms with Crippen molar-refractivity contribution in [2.24, 2.45) is 0 Å². The molecule has 0 saturated heterocycles. The molecule has 1 heterocycles. The number of hydrogen-bond donors (Lipinski definition) is 3. The van der Waals surface area contributed by atoms with Crippen LogP contribution in [-0.2, 0) is 0 Å². The number of imidazole rings is 1. The molecule has 1 unspecified atom stereocenters. The molecule has 2 aromatic carbocycles. The first kappa shape index (κ1) is 14.4. The molecular formula is C15H12BrClN2O2. The highest BCUT2D eigenvalue weighted by Crippen LogP contribution is 2.32. The Bertz CT molecular complexity index is 865. The highest BCUT2D eigenvalue weighted by Gasteiger charge is 2.16. The van der Waals surface area contributed by atoms with Gasteiger partial charge in [-0.15, -0.1) is 0 Å². The van der Waals surface area contributed by atoms with Crippen LogP contribution in [0, 0.1) is 6.92 Å². The van der Waals surface area contributed by atoms with Gasteiger partial charge in [-0.05, 0) is 42.3 Å². The first-order valence-electron chi connectivity index (χ1n) is 6.30. The normalized spacial score (nSPS) is 12.8. The van der Waals surface area contributed by atoms with Crippen LogP contribution in [0.1, 0.15) is 22.8 Å². The molecule has 3 N–H and O–H groups in total. The van der Waals surface area contributed by atoms with Crippen LogP contribution in [-0.4, -0.2) is 15.1 Å². The summed E-state index contributed by atoms with van der Waals surface area (Å²) in [5.41, 5.74) is 3.41. The molecule has 0 amide bonds. The predicted octanol–water partition coefficient (Wildman–Crippen LogP) is 3.66. The molecule has 0 fully saturated rings. The molecule has 0 aliphatic rings. The Kier molecular flexibility index (Phi) is 3.65. The molecule has 3 aromatic rings. The minimum atomic E-state index is -0.834. The number of aromatic amines is 2. The summed E-state index contributed by atoms with van der Waals surface area (Å²) in [6.45, 7) is 1.92. The SMILES string of the molecule is Cc1cc(Cl)cc(C(O)c2cc3[nH]c(=O)[nH]c3cc2Br)c1. The maximum absolute atomic E-state index is 11.3. The number of aliphatic hydroxyl groups excluding tert-OH is 1. The number of H-pyrrole nitrogens is 2.